The molecule has 0 saturated heterocycles. The topological polar surface area (TPSA) is 81.3 Å². The smallest absolute Gasteiger partial charge is 0.537 e. The number of rotatable bonds is 3. The Balaban J connectivity index is 0.000000162. The predicted molar refractivity (Wildman–Crippen MR) is 117 cm³/mol. The number of anilines is 1. The first-order chi connectivity index (χ1) is 13.6. The number of halogens is 1. The standard InChI is InChI=1S/C11H10BrN3.C10H8BO2/c1-7-2-4-8(5-3-7)9-6-14-11(13)10(12)15-9;12-11-13-10-7-3-5-8-4-1-2-6-9(8)10/h2-6H,1H3,(H2,13,14);1-7,12H. The molecule has 0 atom stereocenters. The van der Waals surface area contributed by atoms with E-state index in [0.717, 1.165) is 22.0 Å². The molecule has 0 saturated carbocycles. The Kier molecular flexibility index (Phi) is 6.63. The van der Waals surface area contributed by atoms with Crippen molar-refractivity contribution < 1.29 is 9.68 Å². The number of hydrogen-bond donors (Lipinski definition) is 2. The van der Waals surface area contributed by atoms with E-state index < -0.39 is 0 Å². The van der Waals surface area contributed by atoms with Gasteiger partial charge in [-0.1, -0.05) is 66.2 Å². The number of hydrogen-bond acceptors (Lipinski definition) is 5. The Hall–Kier alpha value is -2.90. The van der Waals surface area contributed by atoms with Crippen molar-refractivity contribution in [3.8, 4) is 17.0 Å². The van der Waals surface area contributed by atoms with E-state index in [1.807, 2.05) is 73.7 Å². The van der Waals surface area contributed by atoms with Gasteiger partial charge in [0.1, 0.15) is 10.4 Å². The summed E-state index contributed by atoms with van der Waals surface area (Å²) < 4.78 is 5.53. The lowest BCUT2D eigenvalue weighted by Gasteiger charge is -2.05. The minimum Gasteiger partial charge on any atom is -0.537 e. The Bertz CT molecular complexity index is 1070. The molecule has 1 aromatic heterocycles. The maximum absolute atomic E-state index is 8.53. The van der Waals surface area contributed by atoms with Gasteiger partial charge in [-0.05, 0) is 34.3 Å². The predicted octanol–water partition coefficient (Wildman–Crippen LogP) is 4.54. The van der Waals surface area contributed by atoms with Crippen LogP contribution in [0, 0.1) is 6.92 Å². The van der Waals surface area contributed by atoms with E-state index in [9.17, 15) is 0 Å². The summed E-state index contributed by atoms with van der Waals surface area (Å²) in [6.07, 6.45) is 1.67. The Labute approximate surface area is 172 Å². The molecular formula is C21H18BBrN3O2. The van der Waals surface area contributed by atoms with Crippen molar-refractivity contribution in [3.05, 3.63) is 83.1 Å². The molecule has 3 aromatic carbocycles. The van der Waals surface area contributed by atoms with Crippen molar-refractivity contribution >= 4 is 40.2 Å². The first-order valence-electron chi connectivity index (χ1n) is 8.54. The van der Waals surface area contributed by atoms with E-state index in [0.29, 0.717) is 23.9 Å². The molecule has 0 spiro atoms. The van der Waals surface area contributed by atoms with Crippen LogP contribution in [0.15, 0.2) is 77.5 Å². The monoisotopic (exact) mass is 434 g/mol. The van der Waals surface area contributed by atoms with Gasteiger partial charge in [0, 0.05) is 10.9 Å². The zero-order chi connectivity index (χ0) is 19.9. The highest BCUT2D eigenvalue weighted by atomic mass is 79.9. The second-order valence-corrected chi connectivity index (χ2v) is 6.75. The molecule has 7 heteroatoms. The zero-order valence-electron chi connectivity index (χ0n) is 15.2. The molecule has 0 amide bonds. The molecule has 28 heavy (non-hydrogen) atoms. The average molecular weight is 435 g/mol. The SMILES string of the molecule is Cc1ccc(-c2cnc(N)c(Br)n2)cc1.O[B]Oc1cccc2ccccc12. The number of nitrogen functional groups attached to an aromatic ring is 1. The second kappa shape index (κ2) is 9.35. The quantitative estimate of drug-likeness (QED) is 0.462. The van der Waals surface area contributed by atoms with Crippen LogP contribution in [0.1, 0.15) is 5.56 Å². The van der Waals surface area contributed by atoms with Gasteiger partial charge in [0.05, 0.1) is 11.9 Å². The van der Waals surface area contributed by atoms with Crippen molar-refractivity contribution in [2.45, 2.75) is 6.92 Å². The third kappa shape index (κ3) is 4.88. The molecule has 0 aliphatic rings. The maximum Gasteiger partial charge on any atom is 0.569 e. The molecule has 1 heterocycles. The summed E-state index contributed by atoms with van der Waals surface area (Å²) in [4.78, 5) is 8.35. The van der Waals surface area contributed by atoms with Crippen LogP contribution in [0.3, 0.4) is 0 Å². The van der Waals surface area contributed by atoms with Gasteiger partial charge >= 0.3 is 7.69 Å². The molecule has 1 radical (unpaired) electrons. The molecule has 0 unspecified atom stereocenters. The molecular weight excluding hydrogens is 417 g/mol. The van der Waals surface area contributed by atoms with Crippen LogP contribution in [0.4, 0.5) is 5.82 Å². The maximum atomic E-state index is 8.53. The van der Waals surface area contributed by atoms with Gasteiger partial charge < -0.3 is 15.4 Å². The minimum absolute atomic E-state index is 0.408. The summed E-state index contributed by atoms with van der Waals surface area (Å²) >= 11 is 3.26. The Morgan fingerprint density at radius 2 is 1.71 bits per heavy atom. The van der Waals surface area contributed by atoms with Gasteiger partial charge in [-0.2, -0.15) is 0 Å². The number of fused-ring (bicyclic) bond motifs is 1. The van der Waals surface area contributed by atoms with E-state index in [1.165, 1.54) is 5.56 Å². The number of aromatic nitrogens is 2. The zero-order valence-corrected chi connectivity index (χ0v) is 16.8. The van der Waals surface area contributed by atoms with Crippen molar-refractivity contribution in [1.82, 2.24) is 9.97 Å². The molecule has 3 N–H and O–H groups in total. The first-order valence-corrected chi connectivity index (χ1v) is 9.33. The molecule has 0 bridgehead atoms. The van der Waals surface area contributed by atoms with Crippen LogP contribution in [-0.4, -0.2) is 22.7 Å². The lowest BCUT2D eigenvalue weighted by atomic mass is 10.1. The fraction of sp³-hybridized carbons (Fsp3) is 0.0476. The fourth-order valence-corrected chi connectivity index (χ4v) is 2.89. The summed E-state index contributed by atoms with van der Waals surface area (Å²) in [6.45, 7) is 2.05. The van der Waals surface area contributed by atoms with E-state index in [1.54, 1.807) is 6.20 Å². The largest absolute Gasteiger partial charge is 0.569 e. The molecule has 5 nitrogen and oxygen atoms in total. The van der Waals surface area contributed by atoms with Crippen LogP contribution >= 0.6 is 15.9 Å². The van der Waals surface area contributed by atoms with Gasteiger partial charge in [-0.3, -0.25) is 0 Å². The number of nitrogens with zero attached hydrogens (tertiary/aromatic N) is 2. The highest BCUT2D eigenvalue weighted by Gasteiger charge is 2.03. The molecule has 0 aliphatic heterocycles. The third-order valence-electron chi connectivity index (χ3n) is 4.03. The molecule has 4 aromatic rings. The third-order valence-corrected chi connectivity index (χ3v) is 4.62. The average Bonchev–Trinajstić information content (AvgIpc) is 2.72. The van der Waals surface area contributed by atoms with Crippen LogP contribution in [-0.2, 0) is 0 Å². The fourth-order valence-electron chi connectivity index (χ4n) is 2.59. The summed E-state index contributed by atoms with van der Waals surface area (Å²) in [5.41, 5.74) is 8.65. The molecule has 0 fully saturated rings. The van der Waals surface area contributed by atoms with Gasteiger partial charge in [-0.25, -0.2) is 9.97 Å². The first kappa shape index (κ1) is 19.9. The lowest BCUT2D eigenvalue weighted by Crippen LogP contribution is -1.99. The van der Waals surface area contributed by atoms with Gasteiger partial charge in [-0.15, -0.1) is 0 Å². The number of nitrogens with two attached hydrogens (primary N) is 1. The van der Waals surface area contributed by atoms with Crippen molar-refractivity contribution in [3.63, 3.8) is 0 Å². The van der Waals surface area contributed by atoms with Crippen LogP contribution in [0.2, 0.25) is 0 Å². The Morgan fingerprint density at radius 1 is 1.00 bits per heavy atom. The second-order valence-electron chi connectivity index (χ2n) is 6.00. The lowest BCUT2D eigenvalue weighted by molar-refractivity contribution is 0.457. The van der Waals surface area contributed by atoms with Gasteiger partial charge in [0.2, 0.25) is 0 Å². The molecule has 4 rings (SSSR count). The summed E-state index contributed by atoms with van der Waals surface area (Å²) in [6, 6.07) is 21.7. The van der Waals surface area contributed by atoms with Crippen molar-refractivity contribution in [2.24, 2.45) is 0 Å². The molecule has 0 aliphatic carbocycles. The van der Waals surface area contributed by atoms with Crippen LogP contribution in [0.5, 0.6) is 5.75 Å². The van der Waals surface area contributed by atoms with E-state index in [4.69, 9.17) is 15.4 Å². The minimum atomic E-state index is 0.408. The number of benzene rings is 3. The van der Waals surface area contributed by atoms with Gasteiger partial charge in [0.25, 0.3) is 0 Å². The highest BCUT2D eigenvalue weighted by molar-refractivity contribution is 9.10. The Morgan fingerprint density at radius 3 is 2.43 bits per heavy atom. The van der Waals surface area contributed by atoms with E-state index in [-0.39, 0.29) is 0 Å². The number of aryl methyl sites for hydroxylation is 1. The van der Waals surface area contributed by atoms with E-state index in [2.05, 4.69) is 25.9 Å². The van der Waals surface area contributed by atoms with Crippen molar-refractivity contribution in [1.29, 1.82) is 0 Å². The van der Waals surface area contributed by atoms with Crippen molar-refractivity contribution in [2.75, 3.05) is 5.73 Å². The normalized spacial score (nSPS) is 10.1. The van der Waals surface area contributed by atoms with Crippen LogP contribution < -0.4 is 10.4 Å². The van der Waals surface area contributed by atoms with Crippen LogP contribution in [0.25, 0.3) is 22.0 Å². The summed E-state index contributed by atoms with van der Waals surface area (Å²) in [7, 11) is 0.696. The van der Waals surface area contributed by atoms with E-state index >= 15 is 0 Å². The summed E-state index contributed by atoms with van der Waals surface area (Å²) in [5, 5.41) is 10.6. The molecule has 139 valence electrons. The summed E-state index contributed by atoms with van der Waals surface area (Å²) in [5.74, 6) is 1.08. The van der Waals surface area contributed by atoms with Gasteiger partial charge in [0.15, 0.2) is 5.82 Å². The highest BCUT2D eigenvalue weighted by Crippen LogP contribution is 2.24.